The van der Waals surface area contributed by atoms with Crippen molar-refractivity contribution in [1.82, 2.24) is 15.5 Å². The van der Waals surface area contributed by atoms with Crippen molar-refractivity contribution < 1.29 is 14.3 Å². The van der Waals surface area contributed by atoms with Gasteiger partial charge in [0.1, 0.15) is 13.2 Å². The Morgan fingerprint density at radius 3 is 2.73 bits per heavy atom. The fraction of sp³-hybridized carbons (Fsp3) is 0.458. The smallest absolute Gasteiger partial charge is 0.315 e. The molecule has 2 aliphatic rings. The number of carbonyl (C=O) groups excluding carboxylic acids is 1. The highest BCUT2D eigenvalue weighted by Crippen LogP contribution is 2.32. The van der Waals surface area contributed by atoms with E-state index in [-0.39, 0.29) is 12.1 Å². The molecule has 0 aromatic heterocycles. The molecule has 2 atom stereocenters. The molecule has 1 saturated heterocycles. The summed E-state index contributed by atoms with van der Waals surface area (Å²) in [6.45, 7) is 5.78. The lowest BCUT2D eigenvalue weighted by Gasteiger charge is -2.36. The number of benzene rings is 2. The van der Waals surface area contributed by atoms with Crippen molar-refractivity contribution in [3.63, 3.8) is 0 Å². The molecule has 6 nitrogen and oxygen atoms in total. The Labute approximate surface area is 178 Å². The van der Waals surface area contributed by atoms with Crippen molar-refractivity contribution in [2.45, 2.75) is 44.8 Å². The number of ether oxygens (including phenoxy) is 2. The first-order chi connectivity index (χ1) is 14.7. The highest BCUT2D eigenvalue weighted by Gasteiger charge is 2.23. The van der Waals surface area contributed by atoms with Gasteiger partial charge in [0, 0.05) is 19.1 Å². The second-order valence-electron chi connectivity index (χ2n) is 8.08. The molecule has 0 saturated carbocycles. The van der Waals surface area contributed by atoms with E-state index in [0.29, 0.717) is 25.8 Å². The minimum Gasteiger partial charge on any atom is -0.486 e. The number of hydrogen-bond donors (Lipinski definition) is 2. The Bertz CT molecular complexity index is 843. The van der Waals surface area contributed by atoms with Crippen LogP contribution in [0.25, 0.3) is 0 Å². The molecule has 2 N–H and O–H groups in total. The van der Waals surface area contributed by atoms with Gasteiger partial charge in [0.05, 0.1) is 6.04 Å². The fourth-order valence-corrected chi connectivity index (χ4v) is 4.19. The highest BCUT2D eigenvalue weighted by molar-refractivity contribution is 5.74. The standard InChI is InChI=1S/C24H31N3O3/c1-18(20-10-11-22-23(15-20)30-14-13-29-22)26-24(28)25-16-21-9-5-6-12-27(21)17-19-7-3-2-4-8-19/h2-4,7-8,10-11,15,18,21H,5-6,9,12-14,16-17H2,1H3,(H2,25,26,28). The van der Waals surface area contributed by atoms with Crippen molar-refractivity contribution in [3.8, 4) is 11.5 Å². The number of rotatable bonds is 6. The van der Waals surface area contributed by atoms with Gasteiger partial charge in [0.2, 0.25) is 0 Å². The van der Waals surface area contributed by atoms with Crippen molar-refractivity contribution in [1.29, 1.82) is 0 Å². The molecule has 2 amide bonds. The van der Waals surface area contributed by atoms with Crippen molar-refractivity contribution >= 4 is 6.03 Å². The van der Waals surface area contributed by atoms with E-state index in [1.807, 2.05) is 31.2 Å². The number of urea groups is 1. The Morgan fingerprint density at radius 1 is 1.10 bits per heavy atom. The van der Waals surface area contributed by atoms with E-state index in [1.165, 1.54) is 18.4 Å². The van der Waals surface area contributed by atoms with Gasteiger partial charge in [-0.2, -0.15) is 0 Å². The van der Waals surface area contributed by atoms with Gasteiger partial charge in [-0.15, -0.1) is 0 Å². The SMILES string of the molecule is CC(NC(=O)NCC1CCCCN1Cc1ccccc1)c1ccc2c(c1)OCCO2. The van der Waals surface area contributed by atoms with Crippen molar-refractivity contribution in [2.24, 2.45) is 0 Å². The molecule has 6 heteroatoms. The lowest BCUT2D eigenvalue weighted by Crippen LogP contribution is -2.48. The van der Waals surface area contributed by atoms with Crippen LogP contribution in [0.15, 0.2) is 48.5 Å². The maximum Gasteiger partial charge on any atom is 0.315 e. The van der Waals surface area contributed by atoms with E-state index < -0.39 is 0 Å². The third-order valence-electron chi connectivity index (χ3n) is 5.89. The van der Waals surface area contributed by atoms with Gasteiger partial charge in [-0.25, -0.2) is 4.79 Å². The first kappa shape index (κ1) is 20.5. The van der Waals surface area contributed by atoms with Crippen LogP contribution in [0.2, 0.25) is 0 Å². The summed E-state index contributed by atoms with van der Waals surface area (Å²) in [5, 5.41) is 6.13. The van der Waals surface area contributed by atoms with E-state index >= 15 is 0 Å². The molecule has 0 bridgehead atoms. The summed E-state index contributed by atoms with van der Waals surface area (Å²) in [6.07, 6.45) is 3.55. The summed E-state index contributed by atoms with van der Waals surface area (Å²) >= 11 is 0. The number of fused-ring (bicyclic) bond motifs is 1. The zero-order chi connectivity index (χ0) is 20.8. The molecule has 2 aromatic carbocycles. The average Bonchev–Trinajstić information content (AvgIpc) is 2.79. The van der Waals surface area contributed by atoms with Crippen LogP contribution in [0, 0.1) is 0 Å². The summed E-state index contributed by atoms with van der Waals surface area (Å²) in [5.74, 6) is 1.50. The Hall–Kier alpha value is -2.73. The number of nitrogens with one attached hydrogen (secondary N) is 2. The topological polar surface area (TPSA) is 62.8 Å². The molecule has 2 aliphatic heterocycles. The van der Waals surface area contributed by atoms with Crippen LogP contribution in [0.5, 0.6) is 11.5 Å². The van der Waals surface area contributed by atoms with Gasteiger partial charge >= 0.3 is 6.03 Å². The van der Waals surface area contributed by atoms with Gasteiger partial charge in [-0.3, -0.25) is 4.90 Å². The van der Waals surface area contributed by atoms with Crippen LogP contribution in [-0.2, 0) is 6.54 Å². The molecular weight excluding hydrogens is 378 g/mol. The number of hydrogen-bond acceptors (Lipinski definition) is 4. The van der Waals surface area contributed by atoms with Crippen LogP contribution in [0.3, 0.4) is 0 Å². The van der Waals surface area contributed by atoms with Crippen LogP contribution in [-0.4, -0.2) is 43.3 Å². The maximum atomic E-state index is 12.5. The molecule has 0 radical (unpaired) electrons. The van der Waals surface area contributed by atoms with Gasteiger partial charge in [-0.05, 0) is 49.6 Å². The van der Waals surface area contributed by atoms with Crippen LogP contribution < -0.4 is 20.1 Å². The predicted molar refractivity (Wildman–Crippen MR) is 117 cm³/mol. The monoisotopic (exact) mass is 409 g/mol. The quantitative estimate of drug-likeness (QED) is 0.760. The van der Waals surface area contributed by atoms with Crippen molar-refractivity contribution in [3.05, 3.63) is 59.7 Å². The minimum absolute atomic E-state index is 0.118. The Kier molecular flexibility index (Phi) is 6.74. The van der Waals surface area contributed by atoms with Gasteiger partial charge < -0.3 is 20.1 Å². The molecular formula is C24H31N3O3. The second-order valence-corrected chi connectivity index (χ2v) is 8.08. The summed E-state index contributed by atoms with van der Waals surface area (Å²) in [5.41, 5.74) is 2.32. The van der Waals surface area contributed by atoms with Crippen LogP contribution in [0.4, 0.5) is 4.79 Å². The average molecular weight is 410 g/mol. The zero-order valence-electron chi connectivity index (χ0n) is 17.6. The molecule has 30 heavy (non-hydrogen) atoms. The fourth-order valence-electron chi connectivity index (χ4n) is 4.19. The van der Waals surface area contributed by atoms with E-state index in [1.54, 1.807) is 0 Å². The molecule has 160 valence electrons. The van der Waals surface area contributed by atoms with E-state index in [0.717, 1.165) is 36.6 Å². The zero-order valence-corrected chi connectivity index (χ0v) is 17.6. The Morgan fingerprint density at radius 2 is 1.90 bits per heavy atom. The van der Waals surface area contributed by atoms with Crippen LogP contribution in [0.1, 0.15) is 43.4 Å². The molecule has 4 rings (SSSR count). The maximum absolute atomic E-state index is 12.5. The lowest BCUT2D eigenvalue weighted by atomic mass is 10.0. The number of nitrogens with zero attached hydrogens (tertiary/aromatic N) is 1. The molecule has 0 spiro atoms. The van der Waals surface area contributed by atoms with Crippen LogP contribution >= 0.6 is 0 Å². The molecule has 2 aromatic rings. The molecule has 1 fully saturated rings. The predicted octanol–water partition coefficient (Wildman–Crippen LogP) is 3.87. The van der Waals surface area contributed by atoms with Gasteiger partial charge in [0.15, 0.2) is 11.5 Å². The third-order valence-corrected chi connectivity index (χ3v) is 5.89. The Balaban J connectivity index is 1.29. The third kappa shape index (κ3) is 5.25. The first-order valence-corrected chi connectivity index (χ1v) is 10.9. The molecule has 2 unspecified atom stereocenters. The van der Waals surface area contributed by atoms with Gasteiger partial charge in [-0.1, -0.05) is 42.8 Å². The lowest BCUT2D eigenvalue weighted by molar-refractivity contribution is 0.138. The van der Waals surface area contributed by atoms with E-state index in [4.69, 9.17) is 9.47 Å². The highest BCUT2D eigenvalue weighted by atomic mass is 16.6. The van der Waals surface area contributed by atoms with E-state index in [2.05, 4.69) is 39.8 Å². The number of likely N-dealkylation sites (tertiary alicyclic amines) is 1. The second kappa shape index (κ2) is 9.85. The molecule has 2 heterocycles. The normalized spacial score (nSPS) is 19.7. The number of carbonyl (C=O) groups is 1. The summed E-state index contributed by atoms with van der Waals surface area (Å²) < 4.78 is 11.2. The van der Waals surface area contributed by atoms with E-state index in [9.17, 15) is 4.79 Å². The largest absolute Gasteiger partial charge is 0.486 e. The number of amides is 2. The summed E-state index contributed by atoms with van der Waals surface area (Å²) in [7, 11) is 0. The minimum atomic E-state index is -0.136. The van der Waals surface area contributed by atoms with Gasteiger partial charge in [0.25, 0.3) is 0 Å². The molecule has 0 aliphatic carbocycles. The number of piperidine rings is 1. The first-order valence-electron chi connectivity index (χ1n) is 10.9. The van der Waals surface area contributed by atoms with Crippen molar-refractivity contribution in [2.75, 3.05) is 26.3 Å². The summed E-state index contributed by atoms with van der Waals surface area (Å²) in [4.78, 5) is 15.0. The summed E-state index contributed by atoms with van der Waals surface area (Å²) in [6, 6.07) is 16.5.